The number of hydrogen-bond acceptors (Lipinski definition) is 1. The van der Waals surface area contributed by atoms with Crippen LogP contribution >= 0.6 is 12.4 Å². The maximum absolute atomic E-state index is 2.75. The van der Waals surface area contributed by atoms with Gasteiger partial charge < -0.3 is 5.32 Å². The van der Waals surface area contributed by atoms with E-state index < -0.39 is 0 Å². The van der Waals surface area contributed by atoms with Gasteiger partial charge in [-0.1, -0.05) is 31.0 Å². The summed E-state index contributed by atoms with van der Waals surface area (Å²) >= 11 is 0. The van der Waals surface area contributed by atoms with Crippen LogP contribution in [0.1, 0.15) is 61.1 Å². The van der Waals surface area contributed by atoms with Crippen LogP contribution in [0, 0.1) is 0 Å². The average molecular weight is 282 g/mol. The molecular formula is C17H28ClN. The van der Waals surface area contributed by atoms with Crippen LogP contribution < -0.4 is 5.32 Å². The van der Waals surface area contributed by atoms with E-state index in [0.29, 0.717) is 0 Å². The molecular weight excluding hydrogens is 254 g/mol. The van der Waals surface area contributed by atoms with Gasteiger partial charge in [0.15, 0.2) is 0 Å². The zero-order valence-electron chi connectivity index (χ0n) is 12.4. The Hall–Kier alpha value is -0.530. The van der Waals surface area contributed by atoms with Gasteiger partial charge >= 0.3 is 0 Å². The molecule has 0 aromatic heterocycles. The summed E-state index contributed by atoms with van der Waals surface area (Å²) in [7, 11) is 3.75. The van der Waals surface area contributed by atoms with Crippen LogP contribution in [0.5, 0.6) is 0 Å². The van der Waals surface area contributed by atoms with E-state index in [4.69, 9.17) is 0 Å². The molecule has 0 bridgehead atoms. The summed E-state index contributed by atoms with van der Waals surface area (Å²) in [5, 5.41) is 2.75. The first-order valence-corrected chi connectivity index (χ1v) is 7.56. The van der Waals surface area contributed by atoms with Gasteiger partial charge in [-0.2, -0.15) is 0 Å². The molecule has 0 heterocycles. The Morgan fingerprint density at radius 3 is 2.26 bits per heavy atom. The number of aryl methyl sites for hydroxylation is 1. The molecule has 0 amide bonds. The van der Waals surface area contributed by atoms with Gasteiger partial charge in [-0.25, -0.2) is 0 Å². The summed E-state index contributed by atoms with van der Waals surface area (Å²) in [6.45, 7) is 0. The van der Waals surface area contributed by atoms with Crippen molar-refractivity contribution in [3.8, 4) is 0 Å². The third-order valence-electron chi connectivity index (χ3n) is 4.23. The van der Waals surface area contributed by atoms with E-state index >= 15 is 0 Å². The summed E-state index contributed by atoms with van der Waals surface area (Å²) in [6, 6.07) is 7.05. The predicted molar refractivity (Wildman–Crippen MR) is 86.5 cm³/mol. The number of halogens is 1. The lowest BCUT2D eigenvalue weighted by molar-refractivity contribution is 0.651. The Morgan fingerprint density at radius 1 is 0.947 bits per heavy atom. The van der Waals surface area contributed by atoms with Crippen LogP contribution in [0.4, 0.5) is 0 Å². The van der Waals surface area contributed by atoms with Crippen LogP contribution in [-0.2, 0) is 12.8 Å². The Labute approximate surface area is 124 Å². The molecule has 0 atom stereocenters. The normalized spacial score (nSPS) is 18.0. The highest BCUT2D eigenvalue weighted by molar-refractivity contribution is 5.85. The zero-order chi connectivity index (χ0) is 12.8. The molecule has 1 saturated carbocycles. The minimum atomic E-state index is 0. The zero-order valence-corrected chi connectivity index (χ0v) is 13.2. The predicted octanol–water partition coefficient (Wildman–Crippen LogP) is 4.48. The average Bonchev–Trinajstić information content (AvgIpc) is 2.93. The van der Waals surface area contributed by atoms with Crippen LogP contribution in [-0.4, -0.2) is 14.1 Å². The minimum Gasteiger partial charge on any atom is -0.323 e. The topological polar surface area (TPSA) is 12.0 Å². The molecule has 0 radical (unpaired) electrons. The second kappa shape index (κ2) is 8.60. The summed E-state index contributed by atoms with van der Waals surface area (Å²) in [6.07, 6.45) is 11.3. The van der Waals surface area contributed by atoms with Crippen molar-refractivity contribution in [2.24, 2.45) is 0 Å². The van der Waals surface area contributed by atoms with Gasteiger partial charge in [-0.3, -0.25) is 0 Å². The van der Waals surface area contributed by atoms with Gasteiger partial charge in [0.1, 0.15) is 0 Å². The second-order valence-electron chi connectivity index (χ2n) is 5.67. The lowest BCUT2D eigenvalue weighted by atomic mass is 9.83. The molecule has 1 fully saturated rings. The molecule has 1 aromatic carbocycles. The van der Waals surface area contributed by atoms with E-state index in [1.165, 1.54) is 51.4 Å². The Balaban J connectivity index is 0.000000416. The van der Waals surface area contributed by atoms with Gasteiger partial charge in [-0.15, -0.1) is 12.4 Å². The number of benzene rings is 1. The molecule has 19 heavy (non-hydrogen) atoms. The highest BCUT2D eigenvalue weighted by atomic mass is 35.5. The first-order valence-electron chi connectivity index (χ1n) is 7.56. The van der Waals surface area contributed by atoms with Crippen molar-refractivity contribution in [3.05, 3.63) is 34.9 Å². The van der Waals surface area contributed by atoms with Gasteiger partial charge in [0.05, 0.1) is 0 Å². The van der Waals surface area contributed by atoms with E-state index in [1.54, 1.807) is 16.7 Å². The molecule has 1 aromatic rings. The number of nitrogens with one attached hydrogen (secondary N) is 1. The lowest BCUT2D eigenvalue weighted by Gasteiger charge is -2.22. The second-order valence-corrected chi connectivity index (χ2v) is 5.67. The van der Waals surface area contributed by atoms with Gasteiger partial charge in [0.2, 0.25) is 0 Å². The largest absolute Gasteiger partial charge is 0.323 e. The minimum absolute atomic E-state index is 0. The van der Waals surface area contributed by atoms with Gasteiger partial charge in [0.25, 0.3) is 0 Å². The van der Waals surface area contributed by atoms with Gasteiger partial charge in [-0.05, 0) is 75.2 Å². The smallest absolute Gasteiger partial charge is 0.0159 e. The SMILES string of the molecule is CNC.Cl.c1cc2c(c(C3CCCC3)c1)CCCC2. The highest BCUT2D eigenvalue weighted by Gasteiger charge is 2.22. The maximum Gasteiger partial charge on any atom is -0.0159 e. The number of hydrogen-bond donors (Lipinski definition) is 1. The van der Waals surface area contributed by atoms with Crippen molar-refractivity contribution < 1.29 is 0 Å². The highest BCUT2D eigenvalue weighted by Crippen LogP contribution is 2.38. The molecule has 0 unspecified atom stereocenters. The van der Waals surface area contributed by atoms with Crippen molar-refractivity contribution in [1.29, 1.82) is 0 Å². The van der Waals surface area contributed by atoms with E-state index in [2.05, 4.69) is 23.5 Å². The first-order chi connectivity index (χ1) is 8.86. The Bertz CT molecular complexity index is 370. The summed E-state index contributed by atoms with van der Waals surface area (Å²) in [5.74, 6) is 0.901. The molecule has 0 saturated heterocycles. The van der Waals surface area contributed by atoms with Crippen molar-refractivity contribution in [3.63, 3.8) is 0 Å². The summed E-state index contributed by atoms with van der Waals surface area (Å²) in [5.41, 5.74) is 5.10. The first kappa shape index (κ1) is 16.5. The van der Waals surface area contributed by atoms with E-state index in [0.717, 1.165) is 5.92 Å². The van der Waals surface area contributed by atoms with Crippen molar-refractivity contribution in [1.82, 2.24) is 5.32 Å². The third-order valence-corrected chi connectivity index (χ3v) is 4.23. The maximum atomic E-state index is 2.75. The van der Waals surface area contributed by atoms with Crippen molar-refractivity contribution in [2.75, 3.05) is 14.1 Å². The summed E-state index contributed by atoms with van der Waals surface area (Å²) < 4.78 is 0. The van der Waals surface area contributed by atoms with Crippen LogP contribution in [0.2, 0.25) is 0 Å². The molecule has 0 spiro atoms. The molecule has 1 N–H and O–H groups in total. The summed E-state index contributed by atoms with van der Waals surface area (Å²) in [4.78, 5) is 0. The quantitative estimate of drug-likeness (QED) is 0.800. The molecule has 1 nitrogen and oxygen atoms in total. The Morgan fingerprint density at radius 2 is 1.58 bits per heavy atom. The number of rotatable bonds is 1. The van der Waals surface area contributed by atoms with Crippen LogP contribution in [0.15, 0.2) is 18.2 Å². The Kier molecular flexibility index (Phi) is 7.48. The van der Waals surface area contributed by atoms with Crippen LogP contribution in [0.25, 0.3) is 0 Å². The fourth-order valence-corrected chi connectivity index (χ4v) is 3.43. The molecule has 2 aliphatic carbocycles. The molecule has 2 aliphatic rings. The van der Waals surface area contributed by atoms with Crippen molar-refractivity contribution in [2.45, 2.75) is 57.3 Å². The van der Waals surface area contributed by atoms with Crippen molar-refractivity contribution >= 4 is 12.4 Å². The monoisotopic (exact) mass is 281 g/mol. The molecule has 0 aliphatic heterocycles. The van der Waals surface area contributed by atoms with E-state index in [9.17, 15) is 0 Å². The molecule has 3 rings (SSSR count). The molecule has 108 valence electrons. The fourth-order valence-electron chi connectivity index (χ4n) is 3.43. The third kappa shape index (κ3) is 4.22. The van der Waals surface area contributed by atoms with E-state index in [-0.39, 0.29) is 12.4 Å². The van der Waals surface area contributed by atoms with Gasteiger partial charge in [0, 0.05) is 0 Å². The fraction of sp³-hybridized carbons (Fsp3) is 0.647. The van der Waals surface area contributed by atoms with Crippen LogP contribution in [0.3, 0.4) is 0 Å². The molecule has 2 heteroatoms. The number of fused-ring (bicyclic) bond motifs is 1. The standard InChI is InChI=1S/C15H20.C2H7N.ClH/c1-2-7-12(6-1)15-11-5-9-13-8-3-4-10-14(13)15;1-3-2;/h5,9,11-12H,1-4,6-8,10H2;3H,1-2H3;1H. The van der Waals surface area contributed by atoms with E-state index in [1.807, 2.05) is 14.1 Å². The lowest BCUT2D eigenvalue weighted by Crippen LogP contribution is -2.08.